The molecule has 0 amide bonds. The summed E-state index contributed by atoms with van der Waals surface area (Å²) in [4.78, 5) is 37.3. The fraction of sp³-hybridized carbons (Fsp3) is 0.885. The maximum atomic E-state index is 12.8. The summed E-state index contributed by atoms with van der Waals surface area (Å²) in [7, 11) is 5.97. The molecule has 412 valence electrons. The number of carboxylic acid groups (broad SMARTS) is 1. The fourth-order valence-electron chi connectivity index (χ4n) is 8.82. The van der Waals surface area contributed by atoms with Gasteiger partial charge in [0.25, 0.3) is 6.29 Å². The summed E-state index contributed by atoms with van der Waals surface area (Å²) in [5.74, 6) is -2.01. The smallest absolute Gasteiger partial charge is 0.361 e. The molecule has 2 atom stereocenters. The van der Waals surface area contributed by atoms with Crippen LogP contribution in [-0.4, -0.2) is 87.4 Å². The van der Waals surface area contributed by atoms with E-state index >= 15 is 0 Å². The number of quaternary nitrogens is 1. The van der Waals surface area contributed by atoms with Crippen molar-refractivity contribution in [3.63, 3.8) is 0 Å². The maximum absolute atomic E-state index is 12.8. The number of aliphatic carboxylic acids is 1. The molecule has 9 heteroatoms. The normalized spacial score (nSPS) is 12.9. The van der Waals surface area contributed by atoms with Crippen molar-refractivity contribution in [1.82, 2.24) is 0 Å². The monoisotopic (exact) mass is 991 g/mol. The Hall–Kier alpha value is -2.23. The number of allylic oxidation sites excluding steroid dienone is 4. The predicted molar refractivity (Wildman–Crippen MR) is 295 cm³/mol. The Balaban J connectivity index is 4.00. The van der Waals surface area contributed by atoms with Crippen molar-refractivity contribution in [2.45, 2.75) is 302 Å². The second-order valence-electron chi connectivity index (χ2n) is 21.7. The van der Waals surface area contributed by atoms with E-state index in [0.717, 1.165) is 64.2 Å². The van der Waals surface area contributed by atoms with Crippen molar-refractivity contribution >= 4 is 17.9 Å². The molecule has 0 aromatic carbocycles. The molecular weight excluding hydrogens is 875 g/mol. The van der Waals surface area contributed by atoms with E-state index in [-0.39, 0.29) is 32.2 Å². The summed E-state index contributed by atoms with van der Waals surface area (Å²) >= 11 is 0. The molecule has 9 nitrogen and oxygen atoms in total. The lowest BCUT2D eigenvalue weighted by Crippen LogP contribution is -2.40. The SMILES string of the molecule is CCC/C=C\C/C=C\CCCCCCCC(=O)OC(COC(=O)CCCCCCCCCCCCCCCCCCCCCCCCCCCCCCCCCC)COC(OCC[N+](C)(C)C)C(=O)O. The van der Waals surface area contributed by atoms with E-state index in [2.05, 4.69) is 38.2 Å². The minimum atomic E-state index is -1.51. The van der Waals surface area contributed by atoms with Gasteiger partial charge in [-0.1, -0.05) is 263 Å². The molecule has 0 rings (SSSR count). The summed E-state index contributed by atoms with van der Waals surface area (Å²) < 4.78 is 22.8. The first-order valence-electron chi connectivity index (χ1n) is 30.0. The molecule has 0 aliphatic heterocycles. The fourth-order valence-corrected chi connectivity index (χ4v) is 8.82. The van der Waals surface area contributed by atoms with Gasteiger partial charge in [0.05, 0.1) is 34.4 Å². The standard InChI is InChI=1S/C61H115NO8/c1-6-8-10-12-14-16-18-20-21-22-23-24-25-26-27-28-29-30-31-32-33-34-35-36-37-38-40-41-43-45-47-49-51-58(63)68-55-57(56-69-61(60(65)66)67-54-53-62(3,4)5)70-59(64)52-50-48-46-44-42-39-19-17-15-13-11-9-7-2/h11,13,17,19,57,61H,6-10,12,14-16,18,20-56H2,1-5H3/p+1/b13-11-,19-17-. The van der Waals surface area contributed by atoms with Crippen LogP contribution >= 0.6 is 0 Å². The van der Waals surface area contributed by atoms with Crippen molar-refractivity contribution in [3.8, 4) is 0 Å². The number of nitrogens with zero attached hydrogens (tertiary/aromatic N) is 1. The molecule has 0 radical (unpaired) electrons. The van der Waals surface area contributed by atoms with E-state index in [1.807, 2.05) is 21.1 Å². The van der Waals surface area contributed by atoms with Crippen LogP contribution in [0.25, 0.3) is 0 Å². The average Bonchev–Trinajstić information content (AvgIpc) is 3.33. The van der Waals surface area contributed by atoms with Crippen LogP contribution in [0.1, 0.15) is 290 Å². The minimum absolute atomic E-state index is 0.183. The predicted octanol–water partition coefficient (Wildman–Crippen LogP) is 17.5. The van der Waals surface area contributed by atoms with Crippen LogP contribution in [0, 0.1) is 0 Å². The lowest BCUT2D eigenvalue weighted by atomic mass is 10.0. The second kappa shape index (κ2) is 53.1. The lowest BCUT2D eigenvalue weighted by Gasteiger charge is -2.25. The molecule has 0 aromatic rings. The van der Waals surface area contributed by atoms with Crippen molar-refractivity contribution in [2.24, 2.45) is 0 Å². The van der Waals surface area contributed by atoms with Crippen molar-refractivity contribution < 1.29 is 42.9 Å². The van der Waals surface area contributed by atoms with Gasteiger partial charge in [0.15, 0.2) is 6.10 Å². The van der Waals surface area contributed by atoms with Gasteiger partial charge in [-0.2, -0.15) is 0 Å². The van der Waals surface area contributed by atoms with Crippen LogP contribution in [-0.2, 0) is 33.3 Å². The maximum Gasteiger partial charge on any atom is 0.361 e. The Labute approximate surface area is 433 Å². The van der Waals surface area contributed by atoms with Crippen LogP contribution < -0.4 is 0 Å². The van der Waals surface area contributed by atoms with E-state index < -0.39 is 24.3 Å². The number of hydrogen-bond acceptors (Lipinski definition) is 7. The number of unbranched alkanes of at least 4 members (excludes halogenated alkanes) is 37. The first-order valence-corrected chi connectivity index (χ1v) is 30.0. The average molecular weight is 992 g/mol. The number of ether oxygens (including phenoxy) is 4. The van der Waals surface area contributed by atoms with Crippen molar-refractivity contribution in [3.05, 3.63) is 24.3 Å². The minimum Gasteiger partial charge on any atom is -0.477 e. The molecule has 0 fully saturated rings. The Morgan fingerprint density at radius 2 is 0.800 bits per heavy atom. The molecule has 0 saturated heterocycles. The zero-order chi connectivity index (χ0) is 51.3. The zero-order valence-corrected chi connectivity index (χ0v) is 47.0. The number of carbonyl (C=O) groups is 3. The molecule has 1 N–H and O–H groups in total. The highest BCUT2D eigenvalue weighted by atomic mass is 16.7. The summed E-state index contributed by atoms with van der Waals surface area (Å²) in [5.41, 5.74) is 0. The van der Waals surface area contributed by atoms with E-state index in [0.29, 0.717) is 23.9 Å². The van der Waals surface area contributed by atoms with Gasteiger partial charge in [0.2, 0.25) is 0 Å². The molecule has 0 heterocycles. The van der Waals surface area contributed by atoms with Gasteiger partial charge in [-0.15, -0.1) is 0 Å². The Bertz CT molecular complexity index is 1200. The van der Waals surface area contributed by atoms with Crippen LogP contribution in [0.4, 0.5) is 0 Å². The van der Waals surface area contributed by atoms with Gasteiger partial charge >= 0.3 is 17.9 Å². The molecule has 0 aliphatic carbocycles. The molecule has 70 heavy (non-hydrogen) atoms. The third-order valence-corrected chi connectivity index (χ3v) is 13.4. The summed E-state index contributed by atoms with van der Waals surface area (Å²) in [6.07, 6.45) is 60.1. The molecule has 0 bridgehead atoms. The van der Waals surface area contributed by atoms with Crippen LogP contribution in [0.3, 0.4) is 0 Å². The molecule has 0 saturated carbocycles. The van der Waals surface area contributed by atoms with Gasteiger partial charge < -0.3 is 28.5 Å². The Kier molecular flexibility index (Phi) is 51.4. The van der Waals surface area contributed by atoms with Gasteiger partial charge in [-0.25, -0.2) is 4.79 Å². The number of esters is 2. The van der Waals surface area contributed by atoms with E-state index in [1.165, 1.54) is 193 Å². The molecule has 0 aromatic heterocycles. The largest absolute Gasteiger partial charge is 0.477 e. The van der Waals surface area contributed by atoms with Gasteiger partial charge in [-0.05, 0) is 38.5 Å². The third-order valence-electron chi connectivity index (χ3n) is 13.4. The zero-order valence-electron chi connectivity index (χ0n) is 47.0. The summed E-state index contributed by atoms with van der Waals surface area (Å²) in [6, 6.07) is 0. The van der Waals surface area contributed by atoms with Gasteiger partial charge in [0, 0.05) is 12.8 Å². The Morgan fingerprint density at radius 3 is 1.19 bits per heavy atom. The first kappa shape index (κ1) is 67.8. The van der Waals surface area contributed by atoms with Gasteiger partial charge in [-0.3, -0.25) is 9.59 Å². The van der Waals surface area contributed by atoms with E-state index in [4.69, 9.17) is 18.9 Å². The molecule has 0 aliphatic rings. The Morgan fingerprint density at radius 1 is 0.429 bits per heavy atom. The van der Waals surface area contributed by atoms with Crippen LogP contribution in [0.5, 0.6) is 0 Å². The summed E-state index contributed by atoms with van der Waals surface area (Å²) in [6.45, 7) is 4.83. The second-order valence-corrected chi connectivity index (χ2v) is 21.7. The molecule has 2 unspecified atom stereocenters. The number of carboxylic acids is 1. The van der Waals surface area contributed by atoms with Crippen LogP contribution in [0.2, 0.25) is 0 Å². The van der Waals surface area contributed by atoms with Crippen molar-refractivity contribution in [1.29, 1.82) is 0 Å². The number of likely N-dealkylation sites (N-methyl/N-ethyl adjacent to an activating group) is 1. The van der Waals surface area contributed by atoms with Gasteiger partial charge in [0.1, 0.15) is 13.2 Å². The first-order chi connectivity index (χ1) is 34.1. The highest BCUT2D eigenvalue weighted by Crippen LogP contribution is 2.18. The number of carbonyl (C=O) groups excluding carboxylic acids is 2. The van der Waals surface area contributed by atoms with Crippen molar-refractivity contribution in [2.75, 3.05) is 47.5 Å². The quantitative estimate of drug-likeness (QED) is 0.0211. The molecular formula is C61H116NO8+. The number of rotatable bonds is 56. The van der Waals surface area contributed by atoms with E-state index in [9.17, 15) is 19.5 Å². The summed E-state index contributed by atoms with van der Waals surface area (Å²) in [5, 5.41) is 9.68. The third kappa shape index (κ3) is 53.6. The lowest BCUT2D eigenvalue weighted by molar-refractivity contribution is -0.870. The molecule has 0 spiro atoms. The highest BCUT2D eigenvalue weighted by molar-refractivity contribution is 5.71. The van der Waals surface area contributed by atoms with E-state index in [1.54, 1.807) is 0 Å². The topological polar surface area (TPSA) is 108 Å². The highest BCUT2D eigenvalue weighted by Gasteiger charge is 2.25. The van der Waals surface area contributed by atoms with Crippen LogP contribution in [0.15, 0.2) is 24.3 Å². The number of hydrogen-bond donors (Lipinski definition) is 1.